The molecule has 8 heteroatoms. The third-order valence-electron chi connectivity index (χ3n) is 4.81. The monoisotopic (exact) mass is 410 g/mol. The Morgan fingerprint density at radius 2 is 2.00 bits per heavy atom. The molecule has 1 heterocycles. The Morgan fingerprint density at radius 1 is 1.27 bits per heavy atom. The van der Waals surface area contributed by atoms with E-state index in [1.165, 1.54) is 6.07 Å². The molecule has 156 valence electrons. The van der Waals surface area contributed by atoms with E-state index in [1.807, 2.05) is 43.3 Å². The van der Waals surface area contributed by atoms with Crippen LogP contribution in [0.1, 0.15) is 29.7 Å². The quantitative estimate of drug-likeness (QED) is 0.421. The lowest BCUT2D eigenvalue weighted by Gasteiger charge is -2.13. The van der Waals surface area contributed by atoms with Crippen molar-refractivity contribution in [2.45, 2.75) is 19.3 Å². The number of carbonyl (C=O) groups is 1. The Kier molecular flexibility index (Phi) is 6.46. The van der Waals surface area contributed by atoms with Gasteiger partial charge in [-0.2, -0.15) is 0 Å². The van der Waals surface area contributed by atoms with E-state index >= 15 is 0 Å². The predicted molar refractivity (Wildman–Crippen MR) is 113 cm³/mol. The minimum absolute atomic E-state index is 0.260. The highest BCUT2D eigenvalue weighted by molar-refractivity contribution is 5.93. The lowest BCUT2D eigenvalue weighted by Crippen LogP contribution is -2.27. The summed E-state index contributed by atoms with van der Waals surface area (Å²) < 4.78 is 20.3. The number of hydrogen-bond donors (Lipinski definition) is 3. The first-order valence-electron chi connectivity index (χ1n) is 9.41. The van der Waals surface area contributed by atoms with Gasteiger partial charge in [-0.1, -0.05) is 54.5 Å². The van der Waals surface area contributed by atoms with E-state index in [9.17, 15) is 14.3 Å². The number of guanidine groups is 1. The molecule has 0 aliphatic heterocycles. The highest BCUT2D eigenvalue weighted by Crippen LogP contribution is 2.33. The number of aromatic nitrogens is 1. The zero-order valence-electron chi connectivity index (χ0n) is 16.9. The van der Waals surface area contributed by atoms with Crippen LogP contribution in [-0.4, -0.2) is 36.3 Å². The molecule has 3 rings (SSSR count). The summed E-state index contributed by atoms with van der Waals surface area (Å²) in [6.45, 7) is 1.82. The van der Waals surface area contributed by atoms with E-state index in [4.69, 9.17) is 4.52 Å². The van der Waals surface area contributed by atoms with E-state index < -0.39 is 11.9 Å². The van der Waals surface area contributed by atoms with Crippen LogP contribution in [0.4, 0.5) is 10.2 Å². The fourth-order valence-corrected chi connectivity index (χ4v) is 3.23. The van der Waals surface area contributed by atoms with Gasteiger partial charge in [-0.15, -0.1) is 0 Å². The fraction of sp³-hybridized carbons (Fsp3) is 0.227. The van der Waals surface area contributed by atoms with Crippen molar-refractivity contribution in [1.82, 2.24) is 10.5 Å². The zero-order valence-corrected chi connectivity index (χ0v) is 16.9. The number of halogens is 1. The van der Waals surface area contributed by atoms with Crippen LogP contribution in [0.25, 0.3) is 11.1 Å². The van der Waals surface area contributed by atoms with Crippen molar-refractivity contribution in [3.8, 4) is 11.1 Å². The lowest BCUT2D eigenvalue weighted by molar-refractivity contribution is -0.136. The van der Waals surface area contributed by atoms with Crippen molar-refractivity contribution in [2.24, 2.45) is 4.99 Å². The molecule has 1 aromatic heterocycles. The molecule has 0 saturated carbocycles. The number of hydrogen-bond acceptors (Lipinski definition) is 4. The molecule has 1 atom stereocenters. The normalized spacial score (nSPS) is 12.5. The SMILES string of the molecule is CN=C(NC)Nc1noc(C(C)c2ccc(-c3ccccc3)c(F)c2)c1CC(=O)O. The number of rotatable bonds is 6. The van der Waals surface area contributed by atoms with Crippen LogP contribution in [0.15, 0.2) is 58.0 Å². The molecular weight excluding hydrogens is 387 g/mol. The van der Waals surface area contributed by atoms with Crippen LogP contribution >= 0.6 is 0 Å². The molecule has 0 fully saturated rings. The molecule has 0 spiro atoms. The van der Waals surface area contributed by atoms with Gasteiger partial charge in [-0.3, -0.25) is 9.79 Å². The Hall–Kier alpha value is -3.68. The molecule has 0 radical (unpaired) electrons. The average Bonchev–Trinajstić information content (AvgIpc) is 3.13. The first kappa shape index (κ1) is 21.0. The van der Waals surface area contributed by atoms with Crippen LogP contribution in [0.5, 0.6) is 0 Å². The van der Waals surface area contributed by atoms with E-state index in [0.717, 1.165) is 5.56 Å². The summed E-state index contributed by atoms with van der Waals surface area (Å²) in [4.78, 5) is 15.4. The highest BCUT2D eigenvalue weighted by atomic mass is 19.1. The van der Waals surface area contributed by atoms with Crippen LogP contribution in [0.2, 0.25) is 0 Å². The molecule has 30 heavy (non-hydrogen) atoms. The number of nitrogens with one attached hydrogen (secondary N) is 2. The first-order valence-corrected chi connectivity index (χ1v) is 9.41. The van der Waals surface area contributed by atoms with Crippen molar-refractivity contribution in [3.05, 3.63) is 71.2 Å². The van der Waals surface area contributed by atoms with Gasteiger partial charge in [0.2, 0.25) is 0 Å². The molecular formula is C22H23FN4O3. The Balaban J connectivity index is 1.96. The Bertz CT molecular complexity index is 1060. The highest BCUT2D eigenvalue weighted by Gasteiger charge is 2.25. The fourth-order valence-electron chi connectivity index (χ4n) is 3.23. The smallest absolute Gasteiger partial charge is 0.308 e. The number of carboxylic acid groups (broad SMARTS) is 1. The number of benzene rings is 2. The molecule has 0 aliphatic carbocycles. The number of aliphatic imine (C=N–C) groups is 1. The number of nitrogens with zero attached hydrogens (tertiary/aromatic N) is 2. The molecule has 3 aromatic rings. The maximum atomic E-state index is 14.8. The predicted octanol–water partition coefficient (Wildman–Crippen LogP) is 3.88. The van der Waals surface area contributed by atoms with Gasteiger partial charge in [0, 0.05) is 25.6 Å². The second-order valence-corrected chi connectivity index (χ2v) is 6.72. The standard InChI is InChI=1S/C22H23FN4O3/c1-13(15-9-10-16(18(23)11-15)14-7-5-4-6-8-14)20-17(12-19(28)29)21(27-30-20)26-22(24-2)25-3/h4-11,13H,12H2,1-3H3,(H,28,29)(H2,24,25,26,27). The van der Waals surface area contributed by atoms with E-state index in [-0.39, 0.29) is 18.1 Å². The summed E-state index contributed by atoms with van der Waals surface area (Å²) in [6.07, 6.45) is -0.295. The molecule has 2 aromatic carbocycles. The summed E-state index contributed by atoms with van der Waals surface area (Å²) in [6, 6.07) is 14.2. The second kappa shape index (κ2) is 9.21. The summed E-state index contributed by atoms with van der Waals surface area (Å²) >= 11 is 0. The van der Waals surface area contributed by atoms with Crippen molar-refractivity contribution < 1.29 is 18.8 Å². The van der Waals surface area contributed by atoms with Crippen molar-refractivity contribution in [1.29, 1.82) is 0 Å². The molecule has 7 nitrogen and oxygen atoms in total. The number of aliphatic carboxylic acids is 1. The van der Waals surface area contributed by atoms with Gasteiger partial charge in [-0.25, -0.2) is 4.39 Å². The molecule has 0 bridgehead atoms. The number of carboxylic acids is 1. The molecule has 1 unspecified atom stereocenters. The largest absolute Gasteiger partial charge is 0.481 e. The summed E-state index contributed by atoms with van der Waals surface area (Å²) in [7, 11) is 3.25. The Labute approximate surface area is 173 Å². The Morgan fingerprint density at radius 3 is 2.60 bits per heavy atom. The lowest BCUT2D eigenvalue weighted by atomic mass is 9.92. The van der Waals surface area contributed by atoms with Crippen LogP contribution in [0.3, 0.4) is 0 Å². The van der Waals surface area contributed by atoms with E-state index in [0.29, 0.717) is 28.4 Å². The summed E-state index contributed by atoms with van der Waals surface area (Å²) in [5.41, 5.74) is 2.32. The molecule has 0 amide bonds. The van der Waals surface area contributed by atoms with Crippen molar-refractivity contribution in [3.63, 3.8) is 0 Å². The molecule has 0 saturated heterocycles. The maximum Gasteiger partial charge on any atom is 0.308 e. The summed E-state index contributed by atoms with van der Waals surface area (Å²) in [5, 5.41) is 19.1. The number of anilines is 1. The minimum Gasteiger partial charge on any atom is -0.481 e. The second-order valence-electron chi connectivity index (χ2n) is 6.72. The topological polar surface area (TPSA) is 99.8 Å². The molecule has 0 aliphatic rings. The summed E-state index contributed by atoms with van der Waals surface area (Å²) in [5.74, 6) is -0.766. The third kappa shape index (κ3) is 4.48. The van der Waals surface area contributed by atoms with Crippen molar-refractivity contribution >= 4 is 17.7 Å². The maximum absolute atomic E-state index is 14.8. The van der Waals surface area contributed by atoms with E-state index in [2.05, 4.69) is 20.8 Å². The van der Waals surface area contributed by atoms with E-state index in [1.54, 1.807) is 20.2 Å². The van der Waals surface area contributed by atoms with Gasteiger partial charge in [0.1, 0.15) is 11.6 Å². The van der Waals surface area contributed by atoms with Crippen LogP contribution in [-0.2, 0) is 11.2 Å². The van der Waals surface area contributed by atoms with Gasteiger partial charge >= 0.3 is 5.97 Å². The van der Waals surface area contributed by atoms with Crippen molar-refractivity contribution in [2.75, 3.05) is 19.4 Å². The van der Waals surface area contributed by atoms with Gasteiger partial charge in [0.25, 0.3) is 0 Å². The first-order chi connectivity index (χ1) is 14.4. The van der Waals surface area contributed by atoms with Gasteiger partial charge in [0.05, 0.1) is 12.0 Å². The van der Waals surface area contributed by atoms with Crippen LogP contribution in [0, 0.1) is 5.82 Å². The zero-order chi connectivity index (χ0) is 21.7. The van der Waals surface area contributed by atoms with Crippen LogP contribution < -0.4 is 10.6 Å². The average molecular weight is 410 g/mol. The third-order valence-corrected chi connectivity index (χ3v) is 4.81. The van der Waals surface area contributed by atoms with Gasteiger partial charge < -0.3 is 20.3 Å². The molecule has 3 N–H and O–H groups in total. The van der Waals surface area contributed by atoms with Gasteiger partial charge in [-0.05, 0) is 17.2 Å². The van der Waals surface area contributed by atoms with Gasteiger partial charge in [0.15, 0.2) is 11.8 Å². The minimum atomic E-state index is -1.03.